The van der Waals surface area contributed by atoms with Crippen LogP contribution in [0.4, 0.5) is 0 Å². The van der Waals surface area contributed by atoms with Crippen LogP contribution in [0.15, 0.2) is 28.1 Å². The van der Waals surface area contributed by atoms with E-state index in [2.05, 4.69) is 4.99 Å². The van der Waals surface area contributed by atoms with Gasteiger partial charge in [-0.15, -0.1) is 11.8 Å². The summed E-state index contributed by atoms with van der Waals surface area (Å²) in [4.78, 5) is 15.7. The standard InChI is InChI=1S/C10H11NO2S/c12-10-8(2-1-5-13-10)9-3-6-14-7-4-11-9/h3-4,6-8H,1-2,5H2. The van der Waals surface area contributed by atoms with Crippen LogP contribution in [0, 0.1) is 5.92 Å². The summed E-state index contributed by atoms with van der Waals surface area (Å²) in [5.74, 6) is -0.302. The molecule has 2 heterocycles. The Labute approximate surface area is 86.9 Å². The molecule has 0 saturated carbocycles. The molecule has 2 aliphatic heterocycles. The highest BCUT2D eigenvalue weighted by Crippen LogP contribution is 2.20. The molecule has 0 aliphatic carbocycles. The molecule has 14 heavy (non-hydrogen) atoms. The molecule has 4 heteroatoms. The van der Waals surface area contributed by atoms with Crippen molar-refractivity contribution < 1.29 is 9.53 Å². The van der Waals surface area contributed by atoms with Crippen LogP contribution in [-0.4, -0.2) is 18.3 Å². The number of aliphatic imine (C=N–C) groups is 1. The molecule has 0 amide bonds. The minimum absolute atomic E-state index is 0.139. The van der Waals surface area contributed by atoms with E-state index in [1.54, 1.807) is 18.0 Å². The van der Waals surface area contributed by atoms with Gasteiger partial charge in [-0.05, 0) is 29.7 Å². The van der Waals surface area contributed by atoms with Gasteiger partial charge in [0, 0.05) is 6.20 Å². The molecule has 0 N–H and O–H groups in total. The predicted octanol–water partition coefficient (Wildman–Crippen LogP) is 2.11. The van der Waals surface area contributed by atoms with E-state index in [1.807, 2.05) is 16.9 Å². The molecular weight excluding hydrogens is 198 g/mol. The van der Waals surface area contributed by atoms with E-state index in [1.165, 1.54) is 0 Å². The molecule has 1 unspecified atom stereocenters. The number of thioether (sulfide) groups is 1. The number of carbonyl (C=O) groups is 1. The second-order valence-electron chi connectivity index (χ2n) is 3.14. The van der Waals surface area contributed by atoms with Crippen molar-refractivity contribution in [1.82, 2.24) is 0 Å². The lowest BCUT2D eigenvalue weighted by Crippen LogP contribution is -2.29. The zero-order chi connectivity index (χ0) is 9.80. The van der Waals surface area contributed by atoms with Gasteiger partial charge in [-0.25, -0.2) is 0 Å². The molecule has 0 aromatic rings. The third kappa shape index (κ3) is 2.07. The predicted molar refractivity (Wildman–Crippen MR) is 57.0 cm³/mol. The molecule has 0 radical (unpaired) electrons. The average Bonchev–Trinajstić information content (AvgIpc) is 2.47. The zero-order valence-electron chi connectivity index (χ0n) is 7.68. The Balaban J connectivity index is 2.16. The molecule has 1 fully saturated rings. The van der Waals surface area contributed by atoms with Gasteiger partial charge in [-0.1, -0.05) is 0 Å². The second-order valence-corrected chi connectivity index (χ2v) is 3.96. The summed E-state index contributed by atoms with van der Waals surface area (Å²) in [5.41, 5.74) is 0.816. The smallest absolute Gasteiger partial charge is 0.315 e. The van der Waals surface area contributed by atoms with Crippen molar-refractivity contribution in [3.63, 3.8) is 0 Å². The van der Waals surface area contributed by atoms with Crippen molar-refractivity contribution in [2.45, 2.75) is 12.8 Å². The summed E-state index contributed by atoms with van der Waals surface area (Å²) in [6, 6.07) is 0. The molecule has 2 aliphatic rings. The van der Waals surface area contributed by atoms with Gasteiger partial charge in [0.05, 0.1) is 18.2 Å². The van der Waals surface area contributed by atoms with E-state index in [4.69, 9.17) is 4.74 Å². The van der Waals surface area contributed by atoms with Crippen LogP contribution >= 0.6 is 11.8 Å². The van der Waals surface area contributed by atoms with Crippen LogP contribution in [0.3, 0.4) is 0 Å². The van der Waals surface area contributed by atoms with Gasteiger partial charge >= 0.3 is 5.97 Å². The van der Waals surface area contributed by atoms with Crippen LogP contribution in [0.1, 0.15) is 12.8 Å². The Morgan fingerprint density at radius 2 is 2.43 bits per heavy atom. The van der Waals surface area contributed by atoms with Gasteiger partial charge < -0.3 is 4.74 Å². The Hall–Kier alpha value is -1.03. The maximum atomic E-state index is 11.4. The molecule has 2 rings (SSSR count). The van der Waals surface area contributed by atoms with Gasteiger partial charge in [0.25, 0.3) is 0 Å². The van der Waals surface area contributed by atoms with Crippen LogP contribution in [0.25, 0.3) is 0 Å². The minimum Gasteiger partial charge on any atom is -0.465 e. The number of hydrogen-bond acceptors (Lipinski definition) is 4. The molecule has 0 aromatic heterocycles. The van der Waals surface area contributed by atoms with Crippen LogP contribution in [0.2, 0.25) is 0 Å². The first-order valence-electron chi connectivity index (χ1n) is 4.59. The molecule has 1 saturated heterocycles. The first-order valence-corrected chi connectivity index (χ1v) is 5.53. The van der Waals surface area contributed by atoms with Crippen molar-refractivity contribution >= 4 is 23.4 Å². The highest BCUT2D eigenvalue weighted by Gasteiger charge is 2.27. The fourth-order valence-electron chi connectivity index (χ4n) is 1.50. The first kappa shape index (κ1) is 9.52. The summed E-state index contributed by atoms with van der Waals surface area (Å²) in [6.07, 6.45) is 5.39. The topological polar surface area (TPSA) is 38.7 Å². The Bertz CT molecular complexity index is 320. The second kappa shape index (κ2) is 4.46. The Kier molecular flexibility index (Phi) is 3.03. The van der Waals surface area contributed by atoms with Crippen molar-refractivity contribution in [3.8, 4) is 0 Å². The summed E-state index contributed by atoms with van der Waals surface area (Å²) in [6.45, 7) is 0.552. The largest absolute Gasteiger partial charge is 0.465 e. The number of rotatable bonds is 1. The molecular formula is C10H11NO2S. The first-order chi connectivity index (χ1) is 6.88. The molecule has 0 spiro atoms. The van der Waals surface area contributed by atoms with Crippen molar-refractivity contribution in [3.05, 3.63) is 23.1 Å². The summed E-state index contributed by atoms with van der Waals surface area (Å²) < 4.78 is 5.00. The van der Waals surface area contributed by atoms with Gasteiger partial charge in [-0.3, -0.25) is 9.79 Å². The average molecular weight is 209 g/mol. The Morgan fingerprint density at radius 1 is 1.50 bits per heavy atom. The normalized spacial score (nSPS) is 26.7. The van der Waals surface area contributed by atoms with Crippen molar-refractivity contribution in [2.75, 3.05) is 6.61 Å². The van der Waals surface area contributed by atoms with Crippen molar-refractivity contribution in [1.29, 1.82) is 0 Å². The third-order valence-corrected chi connectivity index (χ3v) is 2.78. The SMILES string of the molecule is O=C1OCCCC1C1=NC=CSC=C1. The molecule has 1 atom stereocenters. The lowest BCUT2D eigenvalue weighted by atomic mass is 9.96. The van der Waals surface area contributed by atoms with Crippen molar-refractivity contribution in [2.24, 2.45) is 10.9 Å². The van der Waals surface area contributed by atoms with Crippen LogP contribution in [0.5, 0.6) is 0 Å². The fraction of sp³-hybridized carbons (Fsp3) is 0.400. The lowest BCUT2D eigenvalue weighted by Gasteiger charge is -2.20. The fourth-order valence-corrected chi connectivity index (χ4v) is 1.94. The van der Waals surface area contributed by atoms with E-state index < -0.39 is 0 Å². The number of allylic oxidation sites excluding steroid dienone is 1. The van der Waals surface area contributed by atoms with Crippen LogP contribution < -0.4 is 0 Å². The van der Waals surface area contributed by atoms with Gasteiger partial charge in [0.15, 0.2) is 0 Å². The molecule has 3 nitrogen and oxygen atoms in total. The van der Waals surface area contributed by atoms with E-state index in [0.717, 1.165) is 18.6 Å². The number of hydrogen-bond donors (Lipinski definition) is 0. The van der Waals surface area contributed by atoms with Crippen LogP contribution in [-0.2, 0) is 9.53 Å². The maximum Gasteiger partial charge on any atom is 0.315 e. The highest BCUT2D eigenvalue weighted by atomic mass is 32.2. The third-order valence-electron chi connectivity index (χ3n) is 2.20. The number of esters is 1. The molecule has 74 valence electrons. The summed E-state index contributed by atoms with van der Waals surface area (Å²) >= 11 is 1.56. The lowest BCUT2D eigenvalue weighted by molar-refractivity contribution is -0.149. The van der Waals surface area contributed by atoms with Gasteiger partial charge in [-0.2, -0.15) is 0 Å². The van der Waals surface area contributed by atoms with E-state index in [-0.39, 0.29) is 11.9 Å². The van der Waals surface area contributed by atoms with E-state index >= 15 is 0 Å². The minimum atomic E-state index is -0.164. The van der Waals surface area contributed by atoms with Gasteiger partial charge in [0.1, 0.15) is 0 Å². The van der Waals surface area contributed by atoms with E-state index in [9.17, 15) is 4.79 Å². The summed E-state index contributed by atoms with van der Waals surface area (Å²) in [7, 11) is 0. The summed E-state index contributed by atoms with van der Waals surface area (Å²) in [5, 5.41) is 3.82. The number of ether oxygens (including phenoxy) is 1. The zero-order valence-corrected chi connectivity index (χ0v) is 8.50. The number of cyclic esters (lactones) is 1. The molecule has 0 bridgehead atoms. The van der Waals surface area contributed by atoms with Gasteiger partial charge in [0.2, 0.25) is 0 Å². The highest BCUT2D eigenvalue weighted by molar-refractivity contribution is 8.04. The quantitative estimate of drug-likeness (QED) is 0.621. The monoisotopic (exact) mass is 209 g/mol. The Morgan fingerprint density at radius 3 is 3.29 bits per heavy atom. The van der Waals surface area contributed by atoms with E-state index in [0.29, 0.717) is 6.61 Å². The maximum absolute atomic E-state index is 11.4. The number of nitrogens with zero attached hydrogens (tertiary/aromatic N) is 1. The molecule has 0 aromatic carbocycles. The number of carbonyl (C=O) groups excluding carboxylic acids is 1.